The van der Waals surface area contributed by atoms with E-state index in [9.17, 15) is 4.79 Å². The number of carbonyl (C=O) groups excluding carboxylic acids is 1. The highest BCUT2D eigenvalue weighted by Crippen LogP contribution is 2.16. The van der Waals surface area contributed by atoms with E-state index in [1.807, 2.05) is 0 Å². The SMILES string of the molecule is COc1ncccc1C(=O)Nc1cccc(Br)n1. The Balaban J connectivity index is 2.22. The van der Waals surface area contributed by atoms with Crippen molar-refractivity contribution < 1.29 is 9.53 Å². The van der Waals surface area contributed by atoms with Crippen LogP contribution < -0.4 is 10.1 Å². The van der Waals surface area contributed by atoms with E-state index in [4.69, 9.17) is 4.74 Å². The molecule has 92 valence electrons. The maximum atomic E-state index is 12.0. The number of anilines is 1. The Morgan fingerprint density at radius 2 is 2.17 bits per heavy atom. The first-order valence-corrected chi connectivity index (χ1v) is 5.93. The molecule has 2 aromatic heterocycles. The minimum absolute atomic E-state index is 0.282. The van der Waals surface area contributed by atoms with Crippen molar-refractivity contribution in [3.63, 3.8) is 0 Å². The number of ether oxygens (including phenoxy) is 1. The highest BCUT2D eigenvalue weighted by atomic mass is 79.9. The number of hydrogen-bond donors (Lipinski definition) is 1. The van der Waals surface area contributed by atoms with Crippen molar-refractivity contribution in [2.75, 3.05) is 12.4 Å². The van der Waals surface area contributed by atoms with Crippen LogP contribution in [-0.4, -0.2) is 23.0 Å². The Morgan fingerprint density at radius 1 is 1.33 bits per heavy atom. The first-order valence-electron chi connectivity index (χ1n) is 5.13. The second kappa shape index (κ2) is 5.59. The van der Waals surface area contributed by atoms with Crippen molar-refractivity contribution in [2.45, 2.75) is 0 Å². The monoisotopic (exact) mass is 307 g/mol. The van der Waals surface area contributed by atoms with Crippen molar-refractivity contribution in [3.05, 3.63) is 46.7 Å². The fourth-order valence-electron chi connectivity index (χ4n) is 1.39. The molecule has 0 aliphatic carbocycles. The summed E-state index contributed by atoms with van der Waals surface area (Å²) in [6, 6.07) is 8.57. The zero-order chi connectivity index (χ0) is 13.0. The Kier molecular flexibility index (Phi) is 3.88. The number of amides is 1. The summed E-state index contributed by atoms with van der Waals surface area (Å²) in [7, 11) is 1.47. The smallest absolute Gasteiger partial charge is 0.262 e. The van der Waals surface area contributed by atoms with Crippen LogP contribution in [0.25, 0.3) is 0 Å². The molecule has 0 aliphatic rings. The van der Waals surface area contributed by atoms with Gasteiger partial charge < -0.3 is 10.1 Å². The summed E-state index contributed by atoms with van der Waals surface area (Å²) in [6.45, 7) is 0. The van der Waals surface area contributed by atoms with Crippen LogP contribution in [0.1, 0.15) is 10.4 Å². The third-order valence-electron chi connectivity index (χ3n) is 2.17. The van der Waals surface area contributed by atoms with Crippen LogP contribution in [0.15, 0.2) is 41.1 Å². The Morgan fingerprint density at radius 3 is 2.89 bits per heavy atom. The van der Waals surface area contributed by atoms with Crippen LogP contribution in [-0.2, 0) is 0 Å². The van der Waals surface area contributed by atoms with E-state index in [-0.39, 0.29) is 11.8 Å². The fourth-order valence-corrected chi connectivity index (χ4v) is 1.73. The average Bonchev–Trinajstić information content (AvgIpc) is 2.38. The van der Waals surface area contributed by atoms with Crippen LogP contribution in [0.3, 0.4) is 0 Å². The molecule has 0 unspecified atom stereocenters. The third kappa shape index (κ3) is 2.84. The number of nitrogens with zero attached hydrogens (tertiary/aromatic N) is 2. The van der Waals surface area contributed by atoms with Gasteiger partial charge in [-0.2, -0.15) is 0 Å². The van der Waals surface area contributed by atoms with Crippen molar-refractivity contribution >= 4 is 27.7 Å². The molecule has 2 heterocycles. The van der Waals surface area contributed by atoms with Crippen molar-refractivity contribution in [3.8, 4) is 5.88 Å². The molecule has 0 atom stereocenters. The fraction of sp³-hybridized carbons (Fsp3) is 0.0833. The molecule has 0 aromatic carbocycles. The molecular formula is C12H10BrN3O2. The van der Waals surface area contributed by atoms with Gasteiger partial charge in [0.05, 0.1) is 7.11 Å². The van der Waals surface area contributed by atoms with E-state index in [0.717, 1.165) is 0 Å². The quantitative estimate of drug-likeness (QED) is 0.885. The van der Waals surface area contributed by atoms with Crippen LogP contribution in [0.5, 0.6) is 5.88 Å². The van der Waals surface area contributed by atoms with Gasteiger partial charge in [0, 0.05) is 6.20 Å². The summed E-state index contributed by atoms with van der Waals surface area (Å²) in [4.78, 5) is 20.1. The Labute approximate surface area is 112 Å². The largest absolute Gasteiger partial charge is 0.480 e. The molecular weight excluding hydrogens is 298 g/mol. The van der Waals surface area contributed by atoms with E-state index in [1.165, 1.54) is 7.11 Å². The number of pyridine rings is 2. The molecule has 0 bridgehead atoms. The molecule has 2 rings (SSSR count). The number of methoxy groups -OCH3 is 1. The van der Waals surface area contributed by atoms with Crippen LogP contribution >= 0.6 is 15.9 Å². The first kappa shape index (κ1) is 12.5. The van der Waals surface area contributed by atoms with Gasteiger partial charge in [0.25, 0.3) is 5.91 Å². The molecule has 1 amide bonds. The minimum Gasteiger partial charge on any atom is -0.480 e. The molecule has 0 fully saturated rings. The number of halogens is 1. The van der Waals surface area contributed by atoms with Gasteiger partial charge >= 0.3 is 0 Å². The normalized spacial score (nSPS) is 9.89. The van der Waals surface area contributed by atoms with E-state index in [0.29, 0.717) is 16.0 Å². The lowest BCUT2D eigenvalue weighted by Crippen LogP contribution is -2.14. The molecule has 0 aliphatic heterocycles. The van der Waals surface area contributed by atoms with E-state index < -0.39 is 0 Å². The second-order valence-electron chi connectivity index (χ2n) is 3.36. The molecule has 6 heteroatoms. The molecule has 0 spiro atoms. The van der Waals surface area contributed by atoms with Gasteiger partial charge in [0.1, 0.15) is 16.0 Å². The molecule has 1 N–H and O–H groups in total. The van der Waals surface area contributed by atoms with Crippen LogP contribution in [0.2, 0.25) is 0 Å². The van der Waals surface area contributed by atoms with Crippen LogP contribution in [0.4, 0.5) is 5.82 Å². The predicted octanol–water partition coefficient (Wildman–Crippen LogP) is 2.50. The zero-order valence-corrected chi connectivity index (χ0v) is 11.1. The lowest BCUT2D eigenvalue weighted by molar-refractivity contribution is 0.102. The molecule has 18 heavy (non-hydrogen) atoms. The summed E-state index contributed by atoms with van der Waals surface area (Å²) in [5, 5.41) is 2.67. The van der Waals surface area contributed by atoms with E-state index >= 15 is 0 Å². The first-order chi connectivity index (χ1) is 8.70. The Hall–Kier alpha value is -1.95. The molecule has 0 saturated heterocycles. The van der Waals surface area contributed by atoms with Crippen molar-refractivity contribution in [2.24, 2.45) is 0 Å². The zero-order valence-electron chi connectivity index (χ0n) is 9.55. The standard InChI is InChI=1S/C12H10BrN3O2/c1-18-12-8(4-3-7-14-12)11(17)16-10-6-2-5-9(13)15-10/h2-7H,1H3,(H,15,16,17). The van der Waals surface area contributed by atoms with E-state index in [1.54, 1.807) is 36.5 Å². The van der Waals surface area contributed by atoms with Crippen molar-refractivity contribution in [1.82, 2.24) is 9.97 Å². The molecule has 5 nitrogen and oxygen atoms in total. The molecule has 0 saturated carbocycles. The average molecular weight is 308 g/mol. The predicted molar refractivity (Wildman–Crippen MR) is 70.7 cm³/mol. The topological polar surface area (TPSA) is 64.1 Å². The van der Waals surface area contributed by atoms with Gasteiger partial charge in [0.2, 0.25) is 5.88 Å². The highest BCUT2D eigenvalue weighted by molar-refractivity contribution is 9.10. The van der Waals surface area contributed by atoms with Gasteiger partial charge in [-0.1, -0.05) is 6.07 Å². The van der Waals surface area contributed by atoms with Gasteiger partial charge in [-0.25, -0.2) is 9.97 Å². The summed E-state index contributed by atoms with van der Waals surface area (Å²) in [5.74, 6) is 0.427. The lowest BCUT2D eigenvalue weighted by atomic mass is 10.2. The third-order valence-corrected chi connectivity index (χ3v) is 2.61. The highest BCUT2D eigenvalue weighted by Gasteiger charge is 2.13. The van der Waals surface area contributed by atoms with Crippen LogP contribution in [0, 0.1) is 0 Å². The number of nitrogens with one attached hydrogen (secondary N) is 1. The Bertz CT molecular complexity index is 575. The maximum absolute atomic E-state index is 12.0. The maximum Gasteiger partial charge on any atom is 0.262 e. The number of hydrogen-bond acceptors (Lipinski definition) is 4. The molecule has 0 radical (unpaired) electrons. The molecule has 2 aromatic rings. The lowest BCUT2D eigenvalue weighted by Gasteiger charge is -2.07. The summed E-state index contributed by atoms with van der Waals surface area (Å²) in [5.41, 5.74) is 0.363. The summed E-state index contributed by atoms with van der Waals surface area (Å²) < 4.78 is 5.68. The number of carbonyl (C=O) groups is 1. The van der Waals surface area contributed by atoms with Gasteiger partial charge in [0.15, 0.2) is 0 Å². The minimum atomic E-state index is -0.314. The van der Waals surface area contributed by atoms with Gasteiger partial charge in [-0.15, -0.1) is 0 Å². The summed E-state index contributed by atoms with van der Waals surface area (Å²) >= 11 is 3.24. The van der Waals surface area contributed by atoms with Crippen molar-refractivity contribution in [1.29, 1.82) is 0 Å². The second-order valence-corrected chi connectivity index (χ2v) is 4.17. The van der Waals surface area contributed by atoms with Gasteiger partial charge in [-0.05, 0) is 40.2 Å². The summed E-state index contributed by atoms with van der Waals surface area (Å²) in [6.07, 6.45) is 1.56. The van der Waals surface area contributed by atoms with E-state index in [2.05, 4.69) is 31.2 Å². The number of aromatic nitrogens is 2. The number of rotatable bonds is 3. The van der Waals surface area contributed by atoms with Gasteiger partial charge in [-0.3, -0.25) is 4.79 Å².